The number of piperidine rings is 1. The molecule has 2 N–H and O–H groups in total. The van der Waals surface area contributed by atoms with Gasteiger partial charge >= 0.3 is 0 Å². The van der Waals surface area contributed by atoms with Crippen molar-refractivity contribution in [2.75, 3.05) is 6.54 Å². The third-order valence-corrected chi connectivity index (χ3v) is 3.71. The average Bonchev–Trinajstić information content (AvgIpc) is 2.70. The van der Waals surface area contributed by atoms with Crippen LogP contribution in [0.4, 0.5) is 0 Å². The molecule has 90 valence electrons. The molecule has 0 bridgehead atoms. The summed E-state index contributed by atoms with van der Waals surface area (Å²) in [6.45, 7) is 3.30. The second kappa shape index (κ2) is 4.53. The Labute approximate surface area is 102 Å². The monoisotopic (exact) mass is 228 g/mol. The second-order valence-electron chi connectivity index (χ2n) is 5.22. The first-order valence-corrected chi connectivity index (χ1v) is 6.63. The Kier molecular flexibility index (Phi) is 2.89. The molecule has 2 nitrogen and oxygen atoms in total. The highest BCUT2D eigenvalue weighted by atomic mass is 14.9. The number of rotatable bonds is 2. The molecular weight excluding hydrogens is 208 g/mol. The van der Waals surface area contributed by atoms with Gasteiger partial charge in [-0.2, -0.15) is 0 Å². The van der Waals surface area contributed by atoms with Crippen molar-refractivity contribution >= 4 is 10.9 Å². The molecule has 2 aromatic rings. The minimum Gasteiger partial charge on any atom is -0.359 e. The van der Waals surface area contributed by atoms with Gasteiger partial charge in [0.2, 0.25) is 0 Å². The third-order valence-electron chi connectivity index (χ3n) is 3.71. The zero-order chi connectivity index (χ0) is 11.7. The summed E-state index contributed by atoms with van der Waals surface area (Å²) in [7, 11) is 0. The lowest BCUT2D eigenvalue weighted by Gasteiger charge is -2.23. The third kappa shape index (κ3) is 2.37. The number of H-pyrrole nitrogens is 1. The van der Waals surface area contributed by atoms with Crippen LogP contribution in [-0.4, -0.2) is 17.6 Å². The molecule has 1 aliphatic heterocycles. The van der Waals surface area contributed by atoms with Crippen molar-refractivity contribution in [3.63, 3.8) is 0 Å². The fourth-order valence-corrected chi connectivity index (χ4v) is 2.84. The summed E-state index contributed by atoms with van der Waals surface area (Å²) in [4.78, 5) is 3.37. The number of aryl methyl sites for hydroxylation is 1. The second-order valence-corrected chi connectivity index (χ2v) is 5.22. The topological polar surface area (TPSA) is 27.8 Å². The number of fused-ring (bicyclic) bond motifs is 1. The van der Waals surface area contributed by atoms with Gasteiger partial charge < -0.3 is 10.3 Å². The summed E-state index contributed by atoms with van der Waals surface area (Å²) in [6.07, 6.45) is 5.21. The molecule has 0 amide bonds. The van der Waals surface area contributed by atoms with Gasteiger partial charge in [0.05, 0.1) is 0 Å². The molecule has 0 saturated carbocycles. The minimum absolute atomic E-state index is 0.682. The van der Waals surface area contributed by atoms with Gasteiger partial charge in [0.15, 0.2) is 0 Å². The predicted molar refractivity (Wildman–Crippen MR) is 72.4 cm³/mol. The highest BCUT2D eigenvalue weighted by Crippen LogP contribution is 2.19. The van der Waals surface area contributed by atoms with Crippen LogP contribution in [0.25, 0.3) is 10.9 Å². The Morgan fingerprint density at radius 3 is 3.00 bits per heavy atom. The van der Waals surface area contributed by atoms with E-state index in [1.165, 1.54) is 54.4 Å². The van der Waals surface area contributed by atoms with Crippen LogP contribution in [0.3, 0.4) is 0 Å². The van der Waals surface area contributed by atoms with E-state index in [2.05, 4.69) is 41.5 Å². The Morgan fingerprint density at radius 1 is 1.24 bits per heavy atom. The highest BCUT2D eigenvalue weighted by Gasteiger charge is 2.13. The van der Waals surface area contributed by atoms with E-state index in [1.54, 1.807) is 0 Å². The molecule has 1 aromatic carbocycles. The van der Waals surface area contributed by atoms with Crippen LogP contribution in [-0.2, 0) is 6.42 Å². The number of aromatic nitrogens is 1. The van der Waals surface area contributed by atoms with Crippen LogP contribution < -0.4 is 5.32 Å². The molecule has 1 aromatic heterocycles. The highest BCUT2D eigenvalue weighted by molar-refractivity contribution is 5.81. The average molecular weight is 228 g/mol. The molecule has 1 aliphatic rings. The van der Waals surface area contributed by atoms with E-state index in [0.717, 1.165) is 0 Å². The van der Waals surface area contributed by atoms with Crippen LogP contribution in [0.5, 0.6) is 0 Å². The van der Waals surface area contributed by atoms with Crippen LogP contribution >= 0.6 is 0 Å². The molecule has 1 atom stereocenters. The normalized spacial score (nSPS) is 20.9. The molecule has 1 unspecified atom stereocenters. The minimum atomic E-state index is 0.682. The number of benzene rings is 1. The summed E-state index contributed by atoms with van der Waals surface area (Å²) in [5.41, 5.74) is 3.95. The molecule has 1 saturated heterocycles. The fraction of sp³-hybridized carbons (Fsp3) is 0.467. The Morgan fingerprint density at radius 2 is 2.18 bits per heavy atom. The van der Waals surface area contributed by atoms with Crippen molar-refractivity contribution in [3.05, 3.63) is 35.5 Å². The molecule has 0 aliphatic carbocycles. The molecule has 0 radical (unpaired) electrons. The van der Waals surface area contributed by atoms with Crippen molar-refractivity contribution in [3.8, 4) is 0 Å². The van der Waals surface area contributed by atoms with Crippen molar-refractivity contribution in [1.29, 1.82) is 0 Å². The maximum absolute atomic E-state index is 3.61. The first-order valence-electron chi connectivity index (χ1n) is 6.63. The fourth-order valence-electron chi connectivity index (χ4n) is 2.84. The van der Waals surface area contributed by atoms with Gasteiger partial charge in [-0.15, -0.1) is 0 Å². The maximum Gasteiger partial charge on any atom is 0.0456 e. The van der Waals surface area contributed by atoms with E-state index in [9.17, 15) is 0 Å². The lowest BCUT2D eigenvalue weighted by Crippen LogP contribution is -2.35. The lowest BCUT2D eigenvalue weighted by atomic mass is 9.97. The SMILES string of the molecule is Cc1cc2cc(CC3CCCCN3)ccc2[nH]1. The maximum atomic E-state index is 3.61. The van der Waals surface area contributed by atoms with Crippen molar-refractivity contribution in [1.82, 2.24) is 10.3 Å². The summed E-state index contributed by atoms with van der Waals surface area (Å²) >= 11 is 0. The van der Waals surface area contributed by atoms with E-state index in [4.69, 9.17) is 0 Å². The smallest absolute Gasteiger partial charge is 0.0456 e. The van der Waals surface area contributed by atoms with Crippen LogP contribution in [0.1, 0.15) is 30.5 Å². The molecule has 0 spiro atoms. The standard InChI is InChI=1S/C15H20N2/c1-11-8-13-9-12(5-6-15(13)17-11)10-14-4-2-3-7-16-14/h5-6,8-9,14,16-17H,2-4,7,10H2,1H3. The Balaban J connectivity index is 1.79. The Bertz CT molecular complexity index is 507. The zero-order valence-corrected chi connectivity index (χ0v) is 10.4. The van der Waals surface area contributed by atoms with Crippen molar-refractivity contribution in [2.45, 2.75) is 38.6 Å². The van der Waals surface area contributed by atoms with E-state index >= 15 is 0 Å². The van der Waals surface area contributed by atoms with E-state index in [-0.39, 0.29) is 0 Å². The van der Waals surface area contributed by atoms with Gasteiger partial charge in [0.25, 0.3) is 0 Å². The van der Waals surface area contributed by atoms with Crippen LogP contribution in [0.2, 0.25) is 0 Å². The zero-order valence-electron chi connectivity index (χ0n) is 10.4. The number of hydrogen-bond acceptors (Lipinski definition) is 1. The van der Waals surface area contributed by atoms with Gasteiger partial charge in [-0.1, -0.05) is 12.5 Å². The van der Waals surface area contributed by atoms with Gasteiger partial charge in [0, 0.05) is 17.3 Å². The molecule has 17 heavy (non-hydrogen) atoms. The number of hydrogen-bond donors (Lipinski definition) is 2. The van der Waals surface area contributed by atoms with Gasteiger partial charge in [-0.3, -0.25) is 0 Å². The quantitative estimate of drug-likeness (QED) is 0.812. The largest absolute Gasteiger partial charge is 0.359 e. The summed E-state index contributed by atoms with van der Waals surface area (Å²) in [5, 5.41) is 4.96. The van der Waals surface area contributed by atoms with E-state index in [1.807, 2.05) is 0 Å². The van der Waals surface area contributed by atoms with E-state index < -0.39 is 0 Å². The molecular formula is C15H20N2. The van der Waals surface area contributed by atoms with Crippen molar-refractivity contribution in [2.24, 2.45) is 0 Å². The van der Waals surface area contributed by atoms with E-state index in [0.29, 0.717) is 6.04 Å². The summed E-state index contributed by atoms with van der Waals surface area (Å²) in [5.74, 6) is 0. The Hall–Kier alpha value is -1.28. The van der Waals surface area contributed by atoms with Gasteiger partial charge in [0.1, 0.15) is 0 Å². The molecule has 2 heteroatoms. The number of aromatic amines is 1. The van der Waals surface area contributed by atoms with Gasteiger partial charge in [-0.25, -0.2) is 0 Å². The predicted octanol–water partition coefficient (Wildman–Crippen LogP) is 3.16. The summed E-state index contributed by atoms with van der Waals surface area (Å²) < 4.78 is 0. The number of nitrogens with one attached hydrogen (secondary N) is 2. The molecule has 2 heterocycles. The van der Waals surface area contributed by atoms with Crippen LogP contribution in [0, 0.1) is 6.92 Å². The first kappa shape index (κ1) is 10.8. The first-order chi connectivity index (χ1) is 8.31. The molecule has 3 rings (SSSR count). The summed E-state index contributed by atoms with van der Waals surface area (Å²) in [6, 6.07) is 9.71. The van der Waals surface area contributed by atoms with Gasteiger partial charge in [-0.05, 0) is 61.9 Å². The van der Waals surface area contributed by atoms with Crippen molar-refractivity contribution < 1.29 is 0 Å². The van der Waals surface area contributed by atoms with Crippen LogP contribution in [0.15, 0.2) is 24.3 Å². The molecule has 1 fully saturated rings. The lowest BCUT2D eigenvalue weighted by molar-refractivity contribution is 0.399.